The first-order valence-electron chi connectivity index (χ1n) is 11.2. The van der Waals surface area contributed by atoms with E-state index in [1.165, 1.54) is 37.5 Å². The number of azo groups is 1. The molecule has 0 aliphatic carbocycles. The van der Waals surface area contributed by atoms with Crippen molar-refractivity contribution in [2.24, 2.45) is 10.2 Å². The van der Waals surface area contributed by atoms with Crippen LogP contribution in [0.15, 0.2) is 46.6 Å². The van der Waals surface area contributed by atoms with Crippen LogP contribution in [0, 0.1) is 0 Å². The van der Waals surface area contributed by atoms with Gasteiger partial charge in [-0.2, -0.15) is 0 Å². The summed E-state index contributed by atoms with van der Waals surface area (Å²) in [6, 6.07) is 9.29. The molecule has 0 aliphatic heterocycles. The summed E-state index contributed by atoms with van der Waals surface area (Å²) in [5.74, 6) is -1.51. The second-order valence-electron chi connectivity index (χ2n) is 7.89. The summed E-state index contributed by atoms with van der Waals surface area (Å²) < 4.78 is 0. The number of hydrogen-bond acceptors (Lipinski definition) is 6. The average Bonchev–Trinajstić information content (AvgIpc) is 2.78. The number of aromatic hydroxyl groups is 2. The number of rotatable bonds is 14. The zero-order valence-corrected chi connectivity index (χ0v) is 18.5. The number of hydrogen-bond donors (Lipinski definition) is 3. The third-order valence-corrected chi connectivity index (χ3v) is 5.52. The normalized spacial score (nSPS) is 12.2. The van der Waals surface area contributed by atoms with E-state index in [1.54, 1.807) is 18.2 Å². The van der Waals surface area contributed by atoms with Crippen molar-refractivity contribution in [3.63, 3.8) is 0 Å². The molecule has 0 amide bonds. The molecule has 0 aliphatic rings. The van der Waals surface area contributed by atoms with E-state index >= 15 is 0 Å². The topological polar surface area (TPSA) is 120 Å². The summed E-state index contributed by atoms with van der Waals surface area (Å²) in [5.41, 5.74) is 0.673. The van der Waals surface area contributed by atoms with Crippen LogP contribution in [0.1, 0.15) is 86.6 Å². The van der Waals surface area contributed by atoms with Crippen molar-refractivity contribution in [1.29, 1.82) is 0 Å². The van der Waals surface area contributed by atoms with Gasteiger partial charge in [0, 0.05) is 6.42 Å². The minimum atomic E-state index is -1.14. The zero-order valence-electron chi connectivity index (χ0n) is 18.5. The van der Waals surface area contributed by atoms with Gasteiger partial charge >= 0.3 is 5.97 Å². The van der Waals surface area contributed by atoms with Gasteiger partial charge in [0.2, 0.25) is 0 Å². The Bertz CT molecular complexity index is 927. The van der Waals surface area contributed by atoms with Gasteiger partial charge in [-0.25, -0.2) is 4.79 Å². The molecule has 7 heteroatoms. The van der Waals surface area contributed by atoms with E-state index in [2.05, 4.69) is 17.2 Å². The molecule has 172 valence electrons. The molecule has 0 saturated carbocycles. The van der Waals surface area contributed by atoms with Gasteiger partial charge in [-0.3, -0.25) is 0 Å². The number of carbonyl (C=O) groups excluding carboxylic acids is 1. The highest BCUT2D eigenvalue weighted by Gasteiger charge is 2.20. The third-order valence-electron chi connectivity index (χ3n) is 5.52. The van der Waals surface area contributed by atoms with Gasteiger partial charge in [0.1, 0.15) is 23.5 Å². The van der Waals surface area contributed by atoms with E-state index in [-0.39, 0.29) is 34.4 Å². The Morgan fingerprint density at radius 2 is 1.69 bits per heavy atom. The molecule has 0 spiro atoms. The number of carboxylic acid groups (broad SMARTS) is 1. The summed E-state index contributed by atoms with van der Waals surface area (Å²) in [7, 11) is 0. The fourth-order valence-corrected chi connectivity index (χ4v) is 3.76. The molecule has 0 heterocycles. The monoisotopic (exact) mass is 440 g/mol. The predicted molar refractivity (Wildman–Crippen MR) is 123 cm³/mol. The molecular weight excluding hydrogens is 408 g/mol. The van der Waals surface area contributed by atoms with Gasteiger partial charge in [0.15, 0.2) is 5.69 Å². The molecule has 0 radical (unpaired) electrons. The molecule has 0 saturated heterocycles. The Balaban J connectivity index is 2.29. The van der Waals surface area contributed by atoms with E-state index < -0.39 is 5.97 Å². The van der Waals surface area contributed by atoms with Gasteiger partial charge < -0.3 is 20.1 Å². The number of benzene rings is 2. The van der Waals surface area contributed by atoms with Crippen LogP contribution in [0.25, 0.3) is 0 Å². The number of phenolic OH excluding ortho intramolecular Hbond substituents is 2. The van der Waals surface area contributed by atoms with Crippen molar-refractivity contribution in [3.8, 4) is 11.5 Å². The fraction of sp³-hybridized carbons (Fsp3) is 0.440. The van der Waals surface area contributed by atoms with Crippen molar-refractivity contribution >= 4 is 23.6 Å². The largest absolute Gasteiger partial charge is 0.505 e. The molecule has 2 aromatic carbocycles. The van der Waals surface area contributed by atoms with Gasteiger partial charge in [-0.05, 0) is 48.9 Å². The highest BCUT2D eigenvalue weighted by atomic mass is 16.4. The van der Waals surface area contributed by atoms with Crippen LogP contribution in [-0.2, 0) is 4.79 Å². The van der Waals surface area contributed by atoms with Crippen LogP contribution < -0.4 is 0 Å². The Labute approximate surface area is 188 Å². The fourth-order valence-electron chi connectivity index (χ4n) is 3.76. The molecular formula is C25H32N2O5. The predicted octanol–water partition coefficient (Wildman–Crippen LogP) is 7.02. The van der Waals surface area contributed by atoms with Crippen LogP contribution in [-0.4, -0.2) is 27.6 Å². The highest BCUT2D eigenvalue weighted by Crippen LogP contribution is 2.44. The zero-order chi connectivity index (χ0) is 23.3. The van der Waals surface area contributed by atoms with E-state index in [4.69, 9.17) is 0 Å². The molecule has 1 atom stereocenters. The molecule has 0 aromatic heterocycles. The van der Waals surface area contributed by atoms with Gasteiger partial charge in [0.25, 0.3) is 0 Å². The molecule has 0 fully saturated rings. The SMILES string of the molecule is CCCCCCCC(CCCC=O)c1ccc(O)c(N=Nc2ccccc2C(=O)O)c1O. The third kappa shape index (κ3) is 7.18. The lowest BCUT2D eigenvalue weighted by Crippen LogP contribution is -2.01. The number of unbranched alkanes of at least 4 members (excludes halogenated alkanes) is 5. The maximum absolute atomic E-state index is 11.4. The van der Waals surface area contributed by atoms with Crippen LogP contribution in [0.5, 0.6) is 11.5 Å². The molecule has 2 aromatic rings. The van der Waals surface area contributed by atoms with Crippen LogP contribution in [0.4, 0.5) is 11.4 Å². The maximum atomic E-state index is 11.4. The number of phenols is 2. The molecule has 2 rings (SSSR count). The van der Waals surface area contributed by atoms with Crippen LogP contribution in [0.2, 0.25) is 0 Å². The number of aldehydes is 1. The number of nitrogens with zero attached hydrogens (tertiary/aromatic N) is 2. The Kier molecular flexibility index (Phi) is 10.4. The molecule has 7 nitrogen and oxygen atoms in total. The maximum Gasteiger partial charge on any atom is 0.337 e. The highest BCUT2D eigenvalue weighted by molar-refractivity contribution is 5.93. The second-order valence-corrected chi connectivity index (χ2v) is 7.89. The lowest BCUT2D eigenvalue weighted by molar-refractivity contribution is -0.107. The van der Waals surface area contributed by atoms with Gasteiger partial charge in [0.05, 0.1) is 5.56 Å². The van der Waals surface area contributed by atoms with Crippen LogP contribution in [0.3, 0.4) is 0 Å². The quantitative estimate of drug-likeness (QED) is 0.165. The summed E-state index contributed by atoms with van der Waals surface area (Å²) >= 11 is 0. The van der Waals surface area contributed by atoms with E-state index in [9.17, 15) is 24.9 Å². The molecule has 3 N–H and O–H groups in total. The van der Waals surface area contributed by atoms with Crippen molar-refractivity contribution in [3.05, 3.63) is 47.5 Å². The lowest BCUT2D eigenvalue weighted by Gasteiger charge is -2.19. The van der Waals surface area contributed by atoms with Crippen molar-refractivity contribution in [1.82, 2.24) is 0 Å². The summed E-state index contributed by atoms with van der Waals surface area (Å²) in [6.45, 7) is 2.17. The van der Waals surface area contributed by atoms with E-state index in [1.807, 2.05) is 0 Å². The Morgan fingerprint density at radius 3 is 2.41 bits per heavy atom. The van der Waals surface area contributed by atoms with E-state index in [0.717, 1.165) is 32.0 Å². The van der Waals surface area contributed by atoms with Crippen molar-refractivity contribution < 1.29 is 24.9 Å². The lowest BCUT2D eigenvalue weighted by atomic mass is 9.87. The smallest absolute Gasteiger partial charge is 0.337 e. The molecule has 32 heavy (non-hydrogen) atoms. The Morgan fingerprint density at radius 1 is 0.969 bits per heavy atom. The van der Waals surface area contributed by atoms with Gasteiger partial charge in [-0.15, -0.1) is 10.2 Å². The first-order chi connectivity index (χ1) is 15.5. The minimum absolute atomic E-state index is 0.0230. The first-order valence-corrected chi connectivity index (χ1v) is 11.2. The van der Waals surface area contributed by atoms with Crippen molar-refractivity contribution in [2.75, 3.05) is 0 Å². The number of carbonyl (C=O) groups is 2. The number of aromatic carboxylic acids is 1. The van der Waals surface area contributed by atoms with Crippen LogP contribution >= 0.6 is 0 Å². The summed E-state index contributed by atoms with van der Waals surface area (Å²) in [5, 5.41) is 38.4. The summed E-state index contributed by atoms with van der Waals surface area (Å²) in [6.07, 6.45) is 9.32. The number of carboxylic acids is 1. The standard InChI is InChI=1S/C25H32N2O5/c1-2-3-4-5-6-11-18(12-9-10-17-28)19-15-16-22(29)23(24(19)30)27-26-21-14-8-7-13-20(21)25(31)32/h7-8,13-18,29-30H,2-6,9-12H2,1H3,(H,31,32). The molecule has 0 bridgehead atoms. The van der Waals surface area contributed by atoms with E-state index in [0.29, 0.717) is 18.4 Å². The van der Waals surface area contributed by atoms with Gasteiger partial charge in [-0.1, -0.05) is 57.2 Å². The van der Waals surface area contributed by atoms with Crippen molar-refractivity contribution in [2.45, 2.75) is 70.6 Å². The molecule has 1 unspecified atom stereocenters. The second kappa shape index (κ2) is 13.2. The minimum Gasteiger partial charge on any atom is -0.505 e. The summed E-state index contributed by atoms with van der Waals surface area (Å²) in [4.78, 5) is 22.1. The average molecular weight is 441 g/mol. The Hall–Kier alpha value is -3.22. The first kappa shape index (κ1) is 25.0.